The smallest absolute Gasteiger partial charge is 0.248 e. The minimum atomic E-state index is 0.0120. The lowest BCUT2D eigenvalue weighted by Crippen LogP contribution is -2.28. The number of aromatic amines is 1. The van der Waals surface area contributed by atoms with Crippen LogP contribution in [0, 0.1) is 0 Å². The van der Waals surface area contributed by atoms with E-state index in [1.54, 1.807) is 6.07 Å². The molecule has 0 saturated carbocycles. The zero-order valence-corrected chi connectivity index (χ0v) is 11.6. The van der Waals surface area contributed by atoms with Gasteiger partial charge in [-0.2, -0.15) is 0 Å². The second kappa shape index (κ2) is 5.72. The summed E-state index contributed by atoms with van der Waals surface area (Å²) in [7, 11) is 0. The van der Waals surface area contributed by atoms with Gasteiger partial charge in [0, 0.05) is 29.2 Å². The fourth-order valence-electron chi connectivity index (χ4n) is 2.74. The molecule has 3 nitrogen and oxygen atoms in total. The molecule has 0 fully saturated rings. The van der Waals surface area contributed by atoms with Crippen LogP contribution in [0.3, 0.4) is 0 Å². The molecule has 19 heavy (non-hydrogen) atoms. The zero-order valence-electron chi connectivity index (χ0n) is 10.8. The maximum Gasteiger partial charge on any atom is 0.248 e. The van der Waals surface area contributed by atoms with Crippen molar-refractivity contribution in [1.29, 1.82) is 0 Å². The van der Waals surface area contributed by atoms with E-state index in [9.17, 15) is 4.79 Å². The third-order valence-electron chi connectivity index (χ3n) is 3.67. The number of nitrogens with one attached hydrogen (secondary N) is 2. The molecule has 0 bridgehead atoms. The van der Waals surface area contributed by atoms with E-state index in [-0.39, 0.29) is 5.56 Å². The van der Waals surface area contributed by atoms with Crippen LogP contribution in [-0.4, -0.2) is 11.5 Å². The molecule has 4 heteroatoms. The second-order valence-corrected chi connectivity index (χ2v) is 6.02. The summed E-state index contributed by atoms with van der Waals surface area (Å²) in [4.78, 5) is 15.7. The molecule has 2 heterocycles. The maximum atomic E-state index is 11.3. The molecule has 2 N–H and O–H groups in total. The molecule has 0 saturated heterocycles. The van der Waals surface area contributed by atoms with Gasteiger partial charge in [0.05, 0.1) is 0 Å². The van der Waals surface area contributed by atoms with Gasteiger partial charge in [-0.3, -0.25) is 4.79 Å². The first-order valence-corrected chi connectivity index (χ1v) is 7.69. The highest BCUT2D eigenvalue weighted by atomic mass is 32.1. The summed E-state index contributed by atoms with van der Waals surface area (Å²) in [5, 5.41) is 5.74. The third kappa shape index (κ3) is 2.96. The highest BCUT2D eigenvalue weighted by Crippen LogP contribution is 2.27. The third-order valence-corrected chi connectivity index (χ3v) is 4.61. The van der Waals surface area contributed by atoms with Crippen molar-refractivity contribution in [2.45, 2.75) is 31.7 Å². The van der Waals surface area contributed by atoms with Gasteiger partial charge in [-0.1, -0.05) is 12.1 Å². The SMILES string of the molecule is O=c1ccc2c([nH]1)CCCC2NCCc1cccs1. The molecule has 2 aromatic heterocycles. The quantitative estimate of drug-likeness (QED) is 0.900. The molecule has 1 aliphatic carbocycles. The van der Waals surface area contributed by atoms with Gasteiger partial charge in [0.15, 0.2) is 0 Å². The van der Waals surface area contributed by atoms with E-state index in [0.29, 0.717) is 6.04 Å². The number of rotatable bonds is 4. The van der Waals surface area contributed by atoms with Crippen molar-refractivity contribution in [1.82, 2.24) is 10.3 Å². The number of pyridine rings is 1. The summed E-state index contributed by atoms with van der Waals surface area (Å²) in [5.74, 6) is 0. The number of hydrogen-bond donors (Lipinski definition) is 2. The highest BCUT2D eigenvalue weighted by Gasteiger charge is 2.19. The Morgan fingerprint density at radius 2 is 2.32 bits per heavy atom. The van der Waals surface area contributed by atoms with Crippen LogP contribution in [-0.2, 0) is 12.8 Å². The summed E-state index contributed by atoms with van der Waals surface area (Å²) in [6, 6.07) is 8.29. The first-order chi connectivity index (χ1) is 9.33. The van der Waals surface area contributed by atoms with Crippen LogP contribution in [0.25, 0.3) is 0 Å². The van der Waals surface area contributed by atoms with E-state index in [0.717, 1.165) is 37.9 Å². The molecule has 100 valence electrons. The van der Waals surface area contributed by atoms with Gasteiger partial charge in [-0.05, 0) is 42.7 Å². The predicted octanol–water partition coefficient (Wildman–Crippen LogP) is 2.65. The Morgan fingerprint density at radius 1 is 1.37 bits per heavy atom. The van der Waals surface area contributed by atoms with E-state index in [2.05, 4.69) is 27.8 Å². The first kappa shape index (κ1) is 12.6. The van der Waals surface area contributed by atoms with Gasteiger partial charge in [0.1, 0.15) is 0 Å². The molecule has 2 aromatic rings. The number of thiophene rings is 1. The molecular formula is C15H18N2OS. The zero-order chi connectivity index (χ0) is 13.1. The van der Waals surface area contributed by atoms with Crippen molar-refractivity contribution < 1.29 is 0 Å². The summed E-state index contributed by atoms with van der Waals surface area (Å²) < 4.78 is 0. The van der Waals surface area contributed by atoms with E-state index in [1.165, 1.54) is 10.4 Å². The fraction of sp³-hybridized carbons (Fsp3) is 0.400. The molecule has 0 amide bonds. The molecule has 0 aliphatic heterocycles. The number of aryl methyl sites for hydroxylation is 1. The lowest BCUT2D eigenvalue weighted by molar-refractivity contribution is 0.458. The molecule has 0 spiro atoms. The van der Waals surface area contributed by atoms with Crippen LogP contribution in [0.5, 0.6) is 0 Å². The summed E-state index contributed by atoms with van der Waals surface area (Å²) >= 11 is 1.81. The van der Waals surface area contributed by atoms with Crippen molar-refractivity contribution in [2.24, 2.45) is 0 Å². The van der Waals surface area contributed by atoms with Crippen LogP contribution in [0.2, 0.25) is 0 Å². The van der Waals surface area contributed by atoms with Crippen molar-refractivity contribution in [3.8, 4) is 0 Å². The Balaban J connectivity index is 1.65. The Hall–Kier alpha value is -1.39. The molecule has 1 aliphatic rings. The average Bonchev–Trinajstić information content (AvgIpc) is 2.92. The van der Waals surface area contributed by atoms with E-state index in [4.69, 9.17) is 0 Å². The first-order valence-electron chi connectivity index (χ1n) is 6.81. The number of fused-ring (bicyclic) bond motifs is 1. The Morgan fingerprint density at radius 3 is 3.16 bits per heavy atom. The lowest BCUT2D eigenvalue weighted by atomic mass is 9.91. The van der Waals surface area contributed by atoms with Gasteiger partial charge in [-0.15, -0.1) is 11.3 Å². The van der Waals surface area contributed by atoms with Gasteiger partial charge in [0.2, 0.25) is 5.56 Å². The predicted molar refractivity (Wildman–Crippen MR) is 78.8 cm³/mol. The fourth-order valence-corrected chi connectivity index (χ4v) is 3.45. The summed E-state index contributed by atoms with van der Waals surface area (Å²) in [6.45, 7) is 0.990. The van der Waals surface area contributed by atoms with Crippen molar-refractivity contribution in [2.75, 3.05) is 6.54 Å². The molecule has 0 radical (unpaired) electrons. The Bertz CT molecular complexity index is 588. The molecule has 1 unspecified atom stereocenters. The second-order valence-electron chi connectivity index (χ2n) is 4.98. The standard InChI is InChI=1S/C15H18N2OS/c18-15-7-6-12-13(4-1-5-14(12)17-15)16-9-8-11-3-2-10-19-11/h2-3,6-7,10,13,16H,1,4-5,8-9H2,(H,17,18). The van der Waals surface area contributed by atoms with Crippen molar-refractivity contribution >= 4 is 11.3 Å². The number of H-pyrrole nitrogens is 1. The maximum absolute atomic E-state index is 11.3. The van der Waals surface area contributed by atoms with Crippen molar-refractivity contribution in [3.05, 3.63) is 56.1 Å². The van der Waals surface area contributed by atoms with Crippen molar-refractivity contribution in [3.63, 3.8) is 0 Å². The van der Waals surface area contributed by atoms with Gasteiger partial charge < -0.3 is 10.3 Å². The summed E-state index contributed by atoms with van der Waals surface area (Å²) in [6.07, 6.45) is 4.37. The topological polar surface area (TPSA) is 44.9 Å². The number of aromatic nitrogens is 1. The Labute approximate surface area is 116 Å². The van der Waals surface area contributed by atoms with Gasteiger partial charge in [-0.25, -0.2) is 0 Å². The monoisotopic (exact) mass is 274 g/mol. The minimum absolute atomic E-state index is 0.0120. The van der Waals surface area contributed by atoms with E-state index in [1.807, 2.05) is 17.4 Å². The molecule has 3 rings (SSSR count). The number of hydrogen-bond acceptors (Lipinski definition) is 3. The van der Waals surface area contributed by atoms with Crippen LogP contribution in [0.15, 0.2) is 34.4 Å². The van der Waals surface area contributed by atoms with Crippen LogP contribution >= 0.6 is 11.3 Å². The lowest BCUT2D eigenvalue weighted by Gasteiger charge is -2.25. The molecule has 0 aromatic carbocycles. The van der Waals surface area contributed by atoms with Crippen LogP contribution < -0.4 is 10.9 Å². The van der Waals surface area contributed by atoms with E-state index >= 15 is 0 Å². The van der Waals surface area contributed by atoms with Crippen LogP contribution in [0.4, 0.5) is 0 Å². The largest absolute Gasteiger partial charge is 0.326 e. The molecular weight excluding hydrogens is 256 g/mol. The van der Waals surface area contributed by atoms with E-state index < -0.39 is 0 Å². The summed E-state index contributed by atoms with van der Waals surface area (Å²) in [5.41, 5.74) is 2.40. The molecule has 1 atom stereocenters. The normalized spacial score (nSPS) is 18.2. The Kier molecular flexibility index (Phi) is 3.80. The minimum Gasteiger partial charge on any atom is -0.326 e. The van der Waals surface area contributed by atoms with Crippen LogP contribution in [0.1, 0.15) is 35.0 Å². The average molecular weight is 274 g/mol. The van der Waals surface area contributed by atoms with Gasteiger partial charge in [0.25, 0.3) is 0 Å². The van der Waals surface area contributed by atoms with Gasteiger partial charge >= 0.3 is 0 Å². The highest BCUT2D eigenvalue weighted by molar-refractivity contribution is 7.09.